The number of urea groups is 3. The number of imidazole rings is 3. The molecule has 6 N–H and O–H groups in total. The van der Waals surface area contributed by atoms with Crippen LogP contribution >= 0.6 is 0 Å². The van der Waals surface area contributed by atoms with Crippen LogP contribution in [0.15, 0.2) is 197 Å². The summed E-state index contributed by atoms with van der Waals surface area (Å²) in [6.45, 7) is 27.3. The van der Waals surface area contributed by atoms with Gasteiger partial charge < -0.3 is 74.9 Å². The quantitative estimate of drug-likeness (QED) is 0.0193. The highest BCUT2D eigenvalue weighted by Crippen LogP contribution is 2.38. The number of pyridine rings is 3. The molecule has 0 aliphatic carbocycles. The van der Waals surface area contributed by atoms with Gasteiger partial charge in [0.25, 0.3) is 0 Å². The van der Waals surface area contributed by atoms with Gasteiger partial charge in [-0.05, 0) is 245 Å². The maximum Gasteiger partial charge on any atom is 0.335 e. The third-order valence-electron chi connectivity index (χ3n) is 27.0. The number of carbonyl (C=O) groups is 6. The number of rotatable bonds is 47. The molecule has 746 valence electrons. The van der Waals surface area contributed by atoms with E-state index in [2.05, 4.69) is 82.2 Å². The summed E-state index contributed by atoms with van der Waals surface area (Å²) in [4.78, 5) is 158. The van der Waals surface area contributed by atoms with Crippen molar-refractivity contribution in [2.45, 2.75) is 164 Å². The Morgan fingerprint density at radius 3 is 0.879 bits per heavy atom. The summed E-state index contributed by atoms with van der Waals surface area (Å²) in [6.07, 6.45) is 9.64. The van der Waals surface area contributed by atoms with Crippen molar-refractivity contribution in [3.63, 3.8) is 0 Å². The van der Waals surface area contributed by atoms with Crippen molar-refractivity contribution in [1.29, 1.82) is 0 Å². The molecule has 9 heterocycles. The molecule has 36 nitrogen and oxygen atoms in total. The number of carboxylic acid groups (broad SMARTS) is 3. The first-order valence-corrected chi connectivity index (χ1v) is 49.6. The van der Waals surface area contributed by atoms with Crippen LogP contribution in [0.4, 0.5) is 65.6 Å². The normalized spacial score (nSPS) is 13.9. The van der Waals surface area contributed by atoms with Crippen LogP contribution in [-0.2, 0) is 67.5 Å². The van der Waals surface area contributed by atoms with Gasteiger partial charge >= 0.3 is 53.1 Å². The molecular formula is C105H131N21O15. The van der Waals surface area contributed by atoms with E-state index in [1.165, 1.54) is 13.7 Å². The van der Waals surface area contributed by atoms with Crippen LogP contribution in [-0.4, -0.2) is 264 Å². The Kier molecular flexibility index (Phi) is 33.6. The largest absolute Gasteiger partial charge is 0.480 e. The number of ether oxygens (including phenoxy) is 3. The number of amides is 6. The van der Waals surface area contributed by atoms with E-state index in [1.54, 1.807) is 156 Å². The zero-order valence-corrected chi connectivity index (χ0v) is 82.0. The third-order valence-corrected chi connectivity index (χ3v) is 27.0. The Hall–Kier alpha value is -14.5. The maximum atomic E-state index is 15.0. The molecule has 6 amide bonds. The van der Waals surface area contributed by atoms with E-state index >= 15 is 4.79 Å². The van der Waals surface area contributed by atoms with E-state index in [0.29, 0.717) is 200 Å². The molecule has 141 heavy (non-hydrogen) atoms. The van der Waals surface area contributed by atoms with Crippen LogP contribution < -0.4 is 62.4 Å². The predicted octanol–water partition coefficient (Wildman–Crippen LogP) is 14.0. The van der Waals surface area contributed by atoms with Gasteiger partial charge in [-0.2, -0.15) is 0 Å². The minimum Gasteiger partial charge on any atom is -0.480 e. The summed E-state index contributed by atoms with van der Waals surface area (Å²) in [5.74, 6) is -3.28. The number of aliphatic carboxylic acids is 3. The van der Waals surface area contributed by atoms with Gasteiger partial charge in [0.15, 0.2) is 16.9 Å². The van der Waals surface area contributed by atoms with Crippen molar-refractivity contribution >= 4 is 121 Å². The van der Waals surface area contributed by atoms with E-state index in [4.69, 9.17) is 19.2 Å². The van der Waals surface area contributed by atoms with Crippen molar-refractivity contribution in [3.8, 4) is 17.1 Å². The van der Waals surface area contributed by atoms with Gasteiger partial charge in [-0.1, -0.05) is 36.4 Å². The molecule has 0 unspecified atom stereocenters. The fourth-order valence-electron chi connectivity index (χ4n) is 19.5. The lowest BCUT2D eigenvalue weighted by molar-refractivity contribution is -0.138. The highest BCUT2D eigenvalue weighted by atomic mass is 16.6. The van der Waals surface area contributed by atoms with Crippen LogP contribution in [0.25, 0.3) is 50.6 Å². The Bertz CT molecular complexity index is 6280. The van der Waals surface area contributed by atoms with Crippen molar-refractivity contribution in [2.24, 2.45) is 0 Å². The number of nitrogens with one attached hydrogen (secondary N) is 3. The second-order valence-electron chi connectivity index (χ2n) is 35.5. The van der Waals surface area contributed by atoms with Crippen LogP contribution in [0, 0.1) is 0 Å². The van der Waals surface area contributed by atoms with Crippen LogP contribution in [0.2, 0.25) is 0 Å². The van der Waals surface area contributed by atoms with Gasteiger partial charge in [0.05, 0.1) is 120 Å². The summed E-state index contributed by atoms with van der Waals surface area (Å²) in [5, 5.41) is 42.6. The van der Waals surface area contributed by atoms with Gasteiger partial charge in [0.2, 0.25) is 0 Å². The molecule has 0 radical (unpaired) electrons. The smallest absolute Gasteiger partial charge is 0.335 e. The molecular weight excluding hydrogens is 1800 g/mol. The predicted molar refractivity (Wildman–Crippen MR) is 551 cm³/mol. The second-order valence-corrected chi connectivity index (χ2v) is 35.5. The van der Waals surface area contributed by atoms with Gasteiger partial charge in [0.1, 0.15) is 24.2 Å². The van der Waals surface area contributed by atoms with E-state index in [-0.39, 0.29) is 90.0 Å². The van der Waals surface area contributed by atoms with Gasteiger partial charge in [0, 0.05) is 153 Å². The van der Waals surface area contributed by atoms with E-state index in [0.717, 1.165) is 55.6 Å². The summed E-state index contributed by atoms with van der Waals surface area (Å²) in [5.41, 5.74) is 10.8. The molecule has 0 spiro atoms. The van der Waals surface area contributed by atoms with Gasteiger partial charge in [-0.3, -0.25) is 28.4 Å². The Balaban J connectivity index is 0.659. The fraction of sp³-hybridized carbons (Fsp3) is 0.429. The van der Waals surface area contributed by atoms with E-state index in [1.807, 2.05) is 90.1 Å². The molecule has 0 saturated carbocycles. The minimum absolute atomic E-state index is 0.000243. The highest BCUT2D eigenvalue weighted by Gasteiger charge is 2.34. The first kappa shape index (κ1) is 101. The second kappa shape index (κ2) is 47.0. The lowest BCUT2D eigenvalue weighted by Gasteiger charge is -2.31. The van der Waals surface area contributed by atoms with Gasteiger partial charge in [-0.15, -0.1) is 0 Å². The zero-order valence-electron chi connectivity index (χ0n) is 82.0. The van der Waals surface area contributed by atoms with E-state index < -0.39 is 59.2 Å². The molecule has 6 aromatic heterocycles. The number of likely N-dealkylation sites (tertiary alicyclic amines) is 3. The topological polar surface area (TPSA) is 376 Å². The molecule has 3 aliphatic rings. The number of aromatic nitrogens is 9. The molecule has 15 rings (SSSR count). The Labute approximate surface area is 819 Å². The summed E-state index contributed by atoms with van der Waals surface area (Å²) >= 11 is 0. The monoisotopic (exact) mass is 1930 g/mol. The Morgan fingerprint density at radius 2 is 0.624 bits per heavy atom. The number of anilines is 9. The number of carboxylic acids is 3. The van der Waals surface area contributed by atoms with Crippen LogP contribution in [0.1, 0.15) is 118 Å². The minimum atomic E-state index is -1.13. The maximum absolute atomic E-state index is 15.0. The lowest BCUT2D eigenvalue weighted by atomic mass is 10.0. The fourth-order valence-corrected chi connectivity index (χ4v) is 19.5. The number of hydrogen-bond donors (Lipinski definition) is 6. The van der Waals surface area contributed by atoms with Crippen molar-refractivity contribution in [3.05, 3.63) is 231 Å². The van der Waals surface area contributed by atoms with Crippen molar-refractivity contribution < 1.29 is 58.3 Å². The molecule has 0 bridgehead atoms. The molecule has 3 saturated heterocycles. The SMILES string of the molecule is CCN(CC)c1ccc(N(CC)C(=O)N2CCCC2)c(N[C@@H](Cc2ccc(-n3c(=O)n(CCOCC(COCCn4c(=O)n(-c5ccc(C[C@H](Nc6cc(N(CC)CC)ccc6N(CC)C(=O)N6CCCC6)C(=O)O)cc5)c5ncccc54)OCCn4c(=O)n(-c5ccc(C[C@@H](Nc6cc(N(CC)CC)ccc6N(CC)C(=O)N6CCCC6)C(=O)O)cc5)c5ncccc54)c4cccnc43)cc2)C(=O)O)c1. The summed E-state index contributed by atoms with van der Waals surface area (Å²) in [7, 11) is 0. The third kappa shape index (κ3) is 22.7. The summed E-state index contributed by atoms with van der Waals surface area (Å²) < 4.78 is 28.8. The molecule has 6 aromatic carbocycles. The molecule has 12 aromatic rings. The number of nitrogens with zero attached hydrogens (tertiary/aromatic N) is 18. The first-order chi connectivity index (χ1) is 68.5. The standard InChI is InChI=1S/C105H131N21O15/c1-10-112(11-2)78-43-46-88(118(16-7)100(133)115-52-19-20-53-115)82(67-78)109-85(97(127)128)64-72-31-37-75(38-32-72)124-94-91(28-25-49-106-94)121(103(124)136)58-61-139-70-81(141-63-60-123-93-30-27-51-108-96(93)126(105(123)138)77-41-35-74(36-42-77)66-87(99(131)132)111-84-69-80(114(14-5)15-6)45-48-90(84)120(18-9)102(135)117-56-23-24-57-117)71-140-62-59-122-92-29-26-50-107-95(92)125(104(122)137)76-39-33-73(34-40-76)65-86(98(129)130)110-83-68-79(113(12-3)13-4)44-47-89(83)119(17-8)101(134)116-54-21-22-55-116/h25-51,67-69,81,85-87,109-111H,10-24,52-66,70-71H2,1-9H3,(H,127,128)(H,129,130)(H,131,132)/t85-,86-,87+/m0/s1. The molecule has 3 aliphatic heterocycles. The average Bonchev–Trinajstić information content (AvgIpc) is 1.68. The highest BCUT2D eigenvalue weighted by molar-refractivity contribution is 6.00. The average molecular weight is 1930 g/mol. The number of benzene rings is 6. The molecule has 3 fully saturated rings. The number of hydrogen-bond acceptors (Lipinski definition) is 21. The molecule has 3 atom stereocenters. The molecule has 36 heteroatoms. The Morgan fingerprint density at radius 1 is 0.355 bits per heavy atom. The number of fused-ring (bicyclic) bond motifs is 3. The lowest BCUT2D eigenvalue weighted by Crippen LogP contribution is -2.42. The van der Waals surface area contributed by atoms with Gasteiger partial charge in [-0.25, -0.2) is 71.8 Å². The van der Waals surface area contributed by atoms with Crippen molar-refractivity contribution in [2.75, 3.05) is 177 Å². The summed E-state index contributed by atoms with van der Waals surface area (Å²) in [6, 6.07) is 45.4. The number of carbonyl (C=O) groups excluding carboxylic acids is 3. The van der Waals surface area contributed by atoms with Crippen molar-refractivity contribution in [1.82, 2.24) is 57.1 Å². The zero-order chi connectivity index (χ0) is 99.5. The first-order valence-electron chi connectivity index (χ1n) is 49.6. The van der Waals surface area contributed by atoms with E-state index in [9.17, 15) is 53.7 Å². The van der Waals surface area contributed by atoms with Crippen LogP contribution in [0.5, 0.6) is 0 Å². The van der Waals surface area contributed by atoms with Crippen LogP contribution in [0.3, 0.4) is 0 Å².